The minimum atomic E-state index is -4.39. The Kier molecular flexibility index (Phi) is 3.88. The van der Waals surface area contributed by atoms with Crippen LogP contribution in [-0.4, -0.2) is 11.0 Å². The zero-order valence-corrected chi connectivity index (χ0v) is 10.1. The van der Waals surface area contributed by atoms with Gasteiger partial charge in [0.15, 0.2) is 0 Å². The summed E-state index contributed by atoms with van der Waals surface area (Å²) in [4.78, 5) is 15.5. The van der Waals surface area contributed by atoms with E-state index in [0.717, 1.165) is 12.1 Å². The van der Waals surface area contributed by atoms with E-state index < -0.39 is 17.8 Å². The molecule has 2 amide bonds. The van der Waals surface area contributed by atoms with Crippen LogP contribution in [0.5, 0.6) is 0 Å². The summed E-state index contributed by atoms with van der Waals surface area (Å²) in [7, 11) is 0. The average molecular weight is 281 g/mol. The predicted octanol–water partition coefficient (Wildman–Crippen LogP) is 3.74. The van der Waals surface area contributed by atoms with Crippen LogP contribution in [0, 0.1) is 0 Å². The number of benzene rings is 1. The summed E-state index contributed by atoms with van der Waals surface area (Å²) in [6.45, 7) is 0. The van der Waals surface area contributed by atoms with Gasteiger partial charge in [-0.1, -0.05) is 6.07 Å². The molecule has 104 valence electrons. The number of hydrogen-bond donors (Lipinski definition) is 2. The first-order chi connectivity index (χ1) is 9.45. The summed E-state index contributed by atoms with van der Waals surface area (Å²) < 4.78 is 37.1. The molecule has 0 aliphatic rings. The highest BCUT2D eigenvalue weighted by Crippen LogP contribution is 2.29. The van der Waals surface area contributed by atoms with Crippen molar-refractivity contribution in [3.8, 4) is 0 Å². The van der Waals surface area contributed by atoms with E-state index in [2.05, 4.69) is 15.6 Å². The highest BCUT2D eigenvalue weighted by atomic mass is 19.4. The third kappa shape index (κ3) is 3.71. The third-order valence-corrected chi connectivity index (χ3v) is 2.38. The summed E-state index contributed by atoms with van der Waals surface area (Å²) in [6, 6.07) is 8.56. The number of aromatic nitrogens is 1. The van der Waals surface area contributed by atoms with Gasteiger partial charge >= 0.3 is 12.2 Å². The Morgan fingerprint density at radius 3 is 2.25 bits per heavy atom. The summed E-state index contributed by atoms with van der Waals surface area (Å²) in [5.74, 6) is 0.344. The van der Waals surface area contributed by atoms with Crippen LogP contribution in [0.4, 0.5) is 29.5 Å². The lowest BCUT2D eigenvalue weighted by molar-refractivity contribution is -0.137. The summed E-state index contributed by atoms with van der Waals surface area (Å²) >= 11 is 0. The van der Waals surface area contributed by atoms with Crippen LogP contribution < -0.4 is 10.6 Å². The number of alkyl halides is 3. The Bertz CT molecular complexity index is 582. The van der Waals surface area contributed by atoms with Crippen molar-refractivity contribution in [2.75, 3.05) is 10.6 Å². The van der Waals surface area contributed by atoms with E-state index >= 15 is 0 Å². The van der Waals surface area contributed by atoms with Gasteiger partial charge in [-0.15, -0.1) is 0 Å². The molecule has 0 spiro atoms. The molecule has 0 atom stereocenters. The number of carbonyl (C=O) groups excluding carboxylic acids is 1. The molecular formula is C13H10F3N3O. The number of halogens is 3. The number of hydrogen-bond acceptors (Lipinski definition) is 2. The van der Waals surface area contributed by atoms with Crippen LogP contribution in [0.2, 0.25) is 0 Å². The molecule has 4 nitrogen and oxygen atoms in total. The first-order valence-electron chi connectivity index (χ1n) is 5.61. The first-order valence-corrected chi connectivity index (χ1v) is 5.61. The monoisotopic (exact) mass is 281 g/mol. The minimum absolute atomic E-state index is 0.256. The maximum absolute atomic E-state index is 12.4. The van der Waals surface area contributed by atoms with Gasteiger partial charge in [0.2, 0.25) is 0 Å². The number of rotatable bonds is 2. The van der Waals surface area contributed by atoms with E-state index in [1.54, 1.807) is 18.2 Å². The normalized spacial score (nSPS) is 10.9. The molecule has 1 heterocycles. The summed E-state index contributed by atoms with van der Waals surface area (Å²) in [6.07, 6.45) is -2.89. The van der Waals surface area contributed by atoms with E-state index in [9.17, 15) is 18.0 Å². The topological polar surface area (TPSA) is 54.0 Å². The van der Waals surface area contributed by atoms with E-state index in [-0.39, 0.29) is 5.69 Å². The lowest BCUT2D eigenvalue weighted by Gasteiger charge is -2.09. The van der Waals surface area contributed by atoms with Crippen molar-refractivity contribution in [3.63, 3.8) is 0 Å². The van der Waals surface area contributed by atoms with Crippen LogP contribution >= 0.6 is 0 Å². The second kappa shape index (κ2) is 5.60. The van der Waals surface area contributed by atoms with Gasteiger partial charge < -0.3 is 5.32 Å². The Balaban J connectivity index is 1.98. The standard InChI is InChI=1S/C13H10F3N3O/c14-13(15,16)9-4-6-10(7-5-9)18-12(20)19-11-3-1-2-8-17-11/h1-8H,(H2,17,18,19,20). The molecule has 1 aromatic carbocycles. The molecule has 0 saturated carbocycles. The molecule has 0 saturated heterocycles. The minimum Gasteiger partial charge on any atom is -0.308 e. The number of nitrogens with zero attached hydrogens (tertiary/aromatic N) is 1. The Morgan fingerprint density at radius 2 is 1.70 bits per heavy atom. The van der Waals surface area contributed by atoms with Gasteiger partial charge in [-0.25, -0.2) is 9.78 Å². The quantitative estimate of drug-likeness (QED) is 0.881. The molecule has 0 fully saturated rings. The number of amides is 2. The molecule has 1 aromatic heterocycles. The highest BCUT2D eigenvalue weighted by Gasteiger charge is 2.29. The van der Waals surface area contributed by atoms with E-state index in [1.165, 1.54) is 18.3 Å². The van der Waals surface area contributed by atoms with Crippen molar-refractivity contribution in [1.82, 2.24) is 4.98 Å². The first kappa shape index (κ1) is 13.9. The maximum atomic E-state index is 12.4. The zero-order valence-electron chi connectivity index (χ0n) is 10.1. The molecule has 0 bridgehead atoms. The van der Waals surface area contributed by atoms with Gasteiger partial charge in [0, 0.05) is 11.9 Å². The molecule has 7 heteroatoms. The third-order valence-electron chi connectivity index (χ3n) is 2.38. The number of pyridine rings is 1. The van der Waals surface area contributed by atoms with Crippen molar-refractivity contribution < 1.29 is 18.0 Å². The molecule has 2 aromatic rings. The van der Waals surface area contributed by atoms with Gasteiger partial charge in [0.1, 0.15) is 5.82 Å². The fraction of sp³-hybridized carbons (Fsp3) is 0.0769. The second-order valence-corrected chi connectivity index (χ2v) is 3.87. The van der Waals surface area contributed by atoms with Gasteiger partial charge in [0.25, 0.3) is 0 Å². The largest absolute Gasteiger partial charge is 0.416 e. The van der Waals surface area contributed by atoms with Crippen LogP contribution in [0.1, 0.15) is 5.56 Å². The van der Waals surface area contributed by atoms with Crippen molar-refractivity contribution in [2.24, 2.45) is 0 Å². The number of urea groups is 1. The van der Waals surface area contributed by atoms with Gasteiger partial charge in [0.05, 0.1) is 5.56 Å². The lowest BCUT2D eigenvalue weighted by atomic mass is 10.2. The lowest BCUT2D eigenvalue weighted by Crippen LogP contribution is -2.20. The fourth-order valence-corrected chi connectivity index (χ4v) is 1.46. The highest BCUT2D eigenvalue weighted by molar-refractivity contribution is 5.99. The van der Waals surface area contributed by atoms with E-state index in [4.69, 9.17) is 0 Å². The molecule has 2 rings (SSSR count). The predicted molar refractivity (Wildman–Crippen MR) is 68.3 cm³/mol. The molecule has 0 radical (unpaired) electrons. The molecule has 20 heavy (non-hydrogen) atoms. The number of carbonyl (C=O) groups is 1. The van der Waals surface area contributed by atoms with Crippen molar-refractivity contribution in [2.45, 2.75) is 6.18 Å². The van der Waals surface area contributed by atoms with Crippen molar-refractivity contribution >= 4 is 17.5 Å². The van der Waals surface area contributed by atoms with Gasteiger partial charge in [-0.3, -0.25) is 5.32 Å². The van der Waals surface area contributed by atoms with Crippen LogP contribution in [0.3, 0.4) is 0 Å². The SMILES string of the molecule is O=C(Nc1ccc(C(F)(F)F)cc1)Nc1ccccn1. The van der Waals surface area contributed by atoms with Crippen LogP contribution in [0.25, 0.3) is 0 Å². The molecular weight excluding hydrogens is 271 g/mol. The number of nitrogens with one attached hydrogen (secondary N) is 2. The van der Waals surface area contributed by atoms with Gasteiger partial charge in [-0.2, -0.15) is 13.2 Å². The molecule has 0 aliphatic carbocycles. The Morgan fingerprint density at radius 1 is 1.00 bits per heavy atom. The van der Waals surface area contributed by atoms with E-state index in [0.29, 0.717) is 5.82 Å². The fourth-order valence-electron chi connectivity index (χ4n) is 1.46. The summed E-state index contributed by atoms with van der Waals surface area (Å²) in [5, 5.41) is 4.86. The maximum Gasteiger partial charge on any atom is 0.416 e. The molecule has 0 unspecified atom stereocenters. The van der Waals surface area contributed by atoms with Crippen LogP contribution in [0.15, 0.2) is 48.7 Å². The second-order valence-electron chi connectivity index (χ2n) is 3.87. The Labute approximate surface area is 112 Å². The summed E-state index contributed by atoms with van der Waals surface area (Å²) in [5.41, 5.74) is -0.514. The molecule has 0 aliphatic heterocycles. The Hall–Kier alpha value is -2.57. The van der Waals surface area contributed by atoms with Crippen molar-refractivity contribution in [3.05, 3.63) is 54.2 Å². The zero-order chi connectivity index (χ0) is 14.6. The average Bonchev–Trinajstić information content (AvgIpc) is 2.39. The van der Waals surface area contributed by atoms with Crippen LogP contribution in [-0.2, 0) is 6.18 Å². The van der Waals surface area contributed by atoms with E-state index in [1.807, 2.05) is 0 Å². The number of anilines is 2. The van der Waals surface area contributed by atoms with Gasteiger partial charge in [-0.05, 0) is 36.4 Å². The van der Waals surface area contributed by atoms with Crippen molar-refractivity contribution in [1.29, 1.82) is 0 Å². The molecule has 2 N–H and O–H groups in total. The smallest absolute Gasteiger partial charge is 0.308 e.